The van der Waals surface area contributed by atoms with Crippen LogP contribution in [0.3, 0.4) is 0 Å². The summed E-state index contributed by atoms with van der Waals surface area (Å²) in [5.74, 6) is -0.641. The fourth-order valence-corrected chi connectivity index (χ4v) is 2.86. The van der Waals surface area contributed by atoms with Crippen molar-refractivity contribution in [1.82, 2.24) is 4.90 Å². The normalized spacial score (nSPS) is 10.7. The third kappa shape index (κ3) is 4.71. The van der Waals surface area contributed by atoms with Crippen LogP contribution in [-0.2, 0) is 4.74 Å². The molecule has 0 aliphatic rings. The van der Waals surface area contributed by atoms with Gasteiger partial charge < -0.3 is 20.7 Å². The zero-order chi connectivity index (χ0) is 16.0. The zero-order valence-corrected chi connectivity index (χ0v) is 13.8. The number of Topliss-reactive ketones (excluding diaryl/α,β-unsaturated/α-hetero) is 1. The predicted molar refractivity (Wildman–Crippen MR) is 86.4 cm³/mol. The maximum atomic E-state index is 12.0. The molecule has 0 aliphatic heterocycles. The number of esters is 1. The first-order chi connectivity index (χ1) is 9.88. The number of carbonyl (C=O) groups is 2. The number of nitrogens with one attached hydrogen (secondary N) is 1. The maximum absolute atomic E-state index is 12.0. The predicted octanol–water partition coefficient (Wildman–Crippen LogP) is 2.07. The molecule has 0 saturated heterocycles. The number of ketones is 1. The Kier molecular flexibility index (Phi) is 6.64. The van der Waals surface area contributed by atoms with Crippen LogP contribution in [0.2, 0.25) is 0 Å². The first-order valence-electron chi connectivity index (χ1n) is 6.87. The van der Waals surface area contributed by atoms with Gasteiger partial charge in [0.15, 0.2) is 5.78 Å². The largest absolute Gasteiger partial charge is 0.462 e. The van der Waals surface area contributed by atoms with E-state index in [2.05, 4.69) is 10.2 Å². The van der Waals surface area contributed by atoms with Crippen LogP contribution in [-0.4, -0.2) is 50.4 Å². The monoisotopic (exact) mass is 313 g/mol. The van der Waals surface area contributed by atoms with Crippen molar-refractivity contribution in [2.45, 2.75) is 20.3 Å². The lowest BCUT2D eigenvalue weighted by atomic mass is 10.2. The average molecular weight is 313 g/mol. The summed E-state index contributed by atoms with van der Waals surface area (Å²) in [4.78, 5) is 26.1. The zero-order valence-electron chi connectivity index (χ0n) is 13.0. The van der Waals surface area contributed by atoms with E-state index in [0.717, 1.165) is 13.0 Å². The average Bonchev–Trinajstić information content (AvgIpc) is 2.72. The molecule has 0 spiro atoms. The van der Waals surface area contributed by atoms with Crippen LogP contribution in [0, 0.1) is 0 Å². The molecule has 6 nitrogen and oxygen atoms in total. The van der Waals surface area contributed by atoms with Gasteiger partial charge in [-0.15, -0.1) is 11.3 Å². The topological polar surface area (TPSA) is 84.7 Å². The van der Waals surface area contributed by atoms with Gasteiger partial charge >= 0.3 is 5.97 Å². The van der Waals surface area contributed by atoms with Gasteiger partial charge in [-0.25, -0.2) is 4.79 Å². The Hall–Kier alpha value is -1.60. The Morgan fingerprint density at radius 3 is 2.57 bits per heavy atom. The number of hydrogen-bond acceptors (Lipinski definition) is 7. The van der Waals surface area contributed by atoms with Crippen LogP contribution in [0.4, 0.5) is 10.7 Å². The minimum Gasteiger partial charge on any atom is -0.462 e. The molecule has 0 amide bonds. The Balaban J connectivity index is 2.92. The molecule has 0 aliphatic carbocycles. The van der Waals surface area contributed by atoms with Gasteiger partial charge in [-0.05, 0) is 34.0 Å². The number of rotatable bonds is 8. The number of ether oxygens (including phenoxy) is 1. The highest BCUT2D eigenvalue weighted by Gasteiger charge is 2.24. The lowest BCUT2D eigenvalue weighted by Crippen LogP contribution is -2.17. The van der Waals surface area contributed by atoms with E-state index in [1.807, 2.05) is 14.1 Å². The van der Waals surface area contributed by atoms with Crippen LogP contribution in [0.25, 0.3) is 0 Å². The number of hydrogen-bond donors (Lipinski definition) is 2. The highest BCUT2D eigenvalue weighted by Crippen LogP contribution is 2.36. The smallest absolute Gasteiger partial charge is 0.343 e. The SMILES string of the molecule is CCOC(=O)c1c(NCCCN(C)C)sc(C(C)=O)c1N. The summed E-state index contributed by atoms with van der Waals surface area (Å²) in [6.07, 6.45) is 0.919. The Morgan fingerprint density at radius 2 is 2.05 bits per heavy atom. The minimum atomic E-state index is -0.492. The number of carbonyl (C=O) groups excluding carboxylic acids is 2. The van der Waals surface area contributed by atoms with Crippen LogP contribution in [0.1, 0.15) is 40.3 Å². The van der Waals surface area contributed by atoms with Gasteiger partial charge in [0.1, 0.15) is 10.6 Å². The van der Waals surface area contributed by atoms with E-state index in [9.17, 15) is 9.59 Å². The molecule has 0 bridgehead atoms. The molecule has 0 unspecified atom stereocenters. The van der Waals surface area contributed by atoms with Crippen molar-refractivity contribution in [1.29, 1.82) is 0 Å². The van der Waals surface area contributed by atoms with Gasteiger partial charge in [-0.2, -0.15) is 0 Å². The Morgan fingerprint density at radius 1 is 1.38 bits per heavy atom. The molecule has 0 radical (unpaired) electrons. The molecule has 0 fully saturated rings. The summed E-state index contributed by atoms with van der Waals surface area (Å²) in [6.45, 7) is 5.07. The van der Waals surface area contributed by atoms with Crippen molar-refractivity contribution in [3.63, 3.8) is 0 Å². The molecule has 1 aromatic rings. The van der Waals surface area contributed by atoms with E-state index in [0.29, 0.717) is 16.4 Å². The van der Waals surface area contributed by atoms with E-state index in [1.165, 1.54) is 18.3 Å². The standard InChI is InChI=1S/C14H23N3O3S/c1-5-20-14(19)10-11(15)12(9(2)18)21-13(10)16-7-6-8-17(3)4/h16H,5-8,15H2,1-4H3. The molecule has 1 rings (SSSR count). The number of nitrogen functional groups attached to an aromatic ring is 1. The molecule has 0 atom stereocenters. The third-order valence-electron chi connectivity index (χ3n) is 2.81. The van der Waals surface area contributed by atoms with E-state index in [-0.39, 0.29) is 23.6 Å². The first kappa shape index (κ1) is 17.5. The van der Waals surface area contributed by atoms with Gasteiger partial charge in [-0.1, -0.05) is 0 Å². The maximum Gasteiger partial charge on any atom is 0.343 e. The molecule has 0 saturated carbocycles. The van der Waals surface area contributed by atoms with Crippen LogP contribution < -0.4 is 11.1 Å². The molecule has 7 heteroatoms. The lowest BCUT2D eigenvalue weighted by molar-refractivity contribution is 0.0529. The highest BCUT2D eigenvalue weighted by atomic mass is 32.1. The van der Waals surface area contributed by atoms with E-state index >= 15 is 0 Å². The fraction of sp³-hybridized carbons (Fsp3) is 0.571. The number of thiophene rings is 1. The molecular weight excluding hydrogens is 290 g/mol. The molecule has 21 heavy (non-hydrogen) atoms. The minimum absolute atomic E-state index is 0.149. The van der Waals surface area contributed by atoms with Gasteiger partial charge in [0.05, 0.1) is 17.2 Å². The number of anilines is 2. The van der Waals surface area contributed by atoms with Crippen molar-refractivity contribution in [2.24, 2.45) is 0 Å². The Labute approximate surface area is 129 Å². The van der Waals surface area contributed by atoms with E-state index in [1.54, 1.807) is 6.92 Å². The van der Waals surface area contributed by atoms with Crippen molar-refractivity contribution in [3.05, 3.63) is 10.4 Å². The van der Waals surface area contributed by atoms with Crippen molar-refractivity contribution in [3.8, 4) is 0 Å². The van der Waals surface area contributed by atoms with Gasteiger partial charge in [0, 0.05) is 13.5 Å². The van der Waals surface area contributed by atoms with Gasteiger partial charge in [0.2, 0.25) is 0 Å². The van der Waals surface area contributed by atoms with Crippen LogP contribution in [0.5, 0.6) is 0 Å². The second-order valence-electron chi connectivity index (χ2n) is 4.91. The highest BCUT2D eigenvalue weighted by molar-refractivity contribution is 7.19. The van der Waals surface area contributed by atoms with E-state index in [4.69, 9.17) is 10.5 Å². The van der Waals surface area contributed by atoms with Gasteiger partial charge in [0.25, 0.3) is 0 Å². The first-order valence-corrected chi connectivity index (χ1v) is 7.69. The van der Waals surface area contributed by atoms with Crippen molar-refractivity contribution < 1.29 is 14.3 Å². The van der Waals surface area contributed by atoms with Gasteiger partial charge in [-0.3, -0.25) is 4.79 Å². The summed E-state index contributed by atoms with van der Waals surface area (Å²) in [7, 11) is 4.00. The molecule has 118 valence electrons. The van der Waals surface area contributed by atoms with Crippen molar-refractivity contribution in [2.75, 3.05) is 44.8 Å². The van der Waals surface area contributed by atoms with Crippen LogP contribution >= 0.6 is 11.3 Å². The third-order valence-corrected chi connectivity index (χ3v) is 4.08. The fourth-order valence-electron chi connectivity index (χ4n) is 1.83. The molecule has 1 aromatic heterocycles. The molecule has 1 heterocycles. The number of nitrogens with two attached hydrogens (primary N) is 1. The number of nitrogens with zero attached hydrogens (tertiary/aromatic N) is 1. The van der Waals surface area contributed by atoms with Crippen LogP contribution in [0.15, 0.2) is 0 Å². The summed E-state index contributed by atoms with van der Waals surface area (Å²) in [6, 6.07) is 0. The molecule has 0 aromatic carbocycles. The second-order valence-corrected chi connectivity index (χ2v) is 5.93. The Bertz CT molecular complexity index is 512. The van der Waals surface area contributed by atoms with E-state index < -0.39 is 5.97 Å². The summed E-state index contributed by atoms with van der Waals surface area (Å²) in [5.41, 5.74) is 6.41. The molecule has 3 N–H and O–H groups in total. The van der Waals surface area contributed by atoms with Crippen molar-refractivity contribution >= 4 is 33.8 Å². The quantitative estimate of drug-likeness (QED) is 0.434. The second kappa shape index (κ2) is 7.99. The molecular formula is C14H23N3O3S. The summed E-state index contributed by atoms with van der Waals surface area (Å²) in [5, 5.41) is 3.79. The summed E-state index contributed by atoms with van der Waals surface area (Å²) >= 11 is 1.21. The summed E-state index contributed by atoms with van der Waals surface area (Å²) < 4.78 is 5.02. The lowest BCUT2D eigenvalue weighted by Gasteiger charge is -2.10.